The molecule has 0 atom stereocenters. The van der Waals surface area contributed by atoms with Crippen molar-refractivity contribution in [2.24, 2.45) is 0 Å². The molecule has 23 heavy (non-hydrogen) atoms. The lowest BCUT2D eigenvalue weighted by Gasteiger charge is -2.23. The molecule has 5 heteroatoms. The molecule has 5 nitrogen and oxygen atoms in total. The summed E-state index contributed by atoms with van der Waals surface area (Å²) in [5, 5.41) is 4.11. The van der Waals surface area contributed by atoms with E-state index in [0.29, 0.717) is 6.54 Å². The second kappa shape index (κ2) is 7.06. The van der Waals surface area contributed by atoms with Gasteiger partial charge in [0.15, 0.2) is 6.54 Å². The van der Waals surface area contributed by atoms with Gasteiger partial charge in [0.2, 0.25) is 5.82 Å². The molecule has 1 aliphatic heterocycles. The minimum Gasteiger partial charge on any atom is -0.327 e. The van der Waals surface area contributed by atoms with Gasteiger partial charge in [-0.2, -0.15) is 4.98 Å². The topological polar surface area (TPSA) is 50.9 Å². The van der Waals surface area contributed by atoms with Gasteiger partial charge in [-0.3, -0.25) is 9.69 Å². The fourth-order valence-corrected chi connectivity index (χ4v) is 3.18. The molecule has 0 unspecified atom stereocenters. The first kappa shape index (κ1) is 15.9. The van der Waals surface area contributed by atoms with Crippen LogP contribution in [-0.2, 0) is 4.79 Å². The van der Waals surface area contributed by atoms with Gasteiger partial charge in [-0.15, -0.1) is 0 Å². The molecule has 122 valence electrons. The average molecular weight is 314 g/mol. The number of hydrogen-bond acceptors (Lipinski definition) is 2. The molecule has 1 aliphatic rings. The fraction of sp³-hybridized carbons (Fsp3) is 0.444. The van der Waals surface area contributed by atoms with Crippen LogP contribution < -0.4 is 15.1 Å². The molecule has 2 heterocycles. The zero-order chi connectivity index (χ0) is 16.2. The summed E-state index contributed by atoms with van der Waals surface area (Å²) in [7, 11) is 4.08. The van der Waals surface area contributed by atoms with Gasteiger partial charge in [0, 0.05) is 11.5 Å². The summed E-state index contributed by atoms with van der Waals surface area (Å²) in [4.78, 5) is 19.7. The number of amides is 1. The largest absolute Gasteiger partial charge is 0.327 e. The number of anilines is 1. The standard InChI is InChI=1S/C18H24N4O/c1-21(2)17-12-16(14-8-4-5-9-15(14)19-17)20-18(23)13-22-10-6-3-7-11-22/h4-5,8-9,12H,3,6-7,10-11,13H2,1-2H3,(H,19,20,23)/p+2. The van der Waals surface area contributed by atoms with Crippen LogP contribution >= 0.6 is 0 Å². The van der Waals surface area contributed by atoms with Gasteiger partial charge in [-0.25, -0.2) is 0 Å². The quantitative estimate of drug-likeness (QED) is 0.745. The number of likely N-dealkylation sites (tertiary alicyclic amines) is 1. The zero-order valence-corrected chi connectivity index (χ0v) is 14.0. The molecule has 3 rings (SSSR count). The van der Waals surface area contributed by atoms with Gasteiger partial charge in [0.25, 0.3) is 5.91 Å². The molecule has 1 fully saturated rings. The van der Waals surface area contributed by atoms with E-state index in [1.165, 1.54) is 24.2 Å². The third-order valence-electron chi connectivity index (χ3n) is 4.47. The molecule has 1 aromatic heterocycles. The van der Waals surface area contributed by atoms with E-state index in [9.17, 15) is 4.79 Å². The monoisotopic (exact) mass is 314 g/mol. The number of para-hydroxylation sites is 1. The molecule has 0 saturated carbocycles. The van der Waals surface area contributed by atoms with Crippen LogP contribution in [0.5, 0.6) is 0 Å². The highest BCUT2D eigenvalue weighted by atomic mass is 16.2. The van der Waals surface area contributed by atoms with Crippen molar-refractivity contribution in [3.05, 3.63) is 30.3 Å². The summed E-state index contributed by atoms with van der Waals surface area (Å²) in [6.45, 7) is 2.77. The number of nitrogens with one attached hydrogen (secondary N) is 3. The van der Waals surface area contributed by atoms with E-state index in [1.807, 2.05) is 44.4 Å². The maximum absolute atomic E-state index is 12.4. The molecule has 1 saturated heterocycles. The molecule has 0 radical (unpaired) electrons. The lowest BCUT2D eigenvalue weighted by molar-refractivity contribution is -0.896. The Morgan fingerprint density at radius 1 is 1.22 bits per heavy atom. The SMILES string of the molecule is C[NH+](C)c1cc(NC(=O)C[NH+]2CCCCC2)c2ccccc2n1. The van der Waals surface area contributed by atoms with E-state index in [0.717, 1.165) is 40.4 Å². The van der Waals surface area contributed by atoms with E-state index < -0.39 is 0 Å². The number of carbonyl (C=O) groups excluding carboxylic acids is 1. The number of pyridine rings is 1. The van der Waals surface area contributed by atoms with E-state index in [4.69, 9.17) is 0 Å². The smallest absolute Gasteiger partial charge is 0.279 e. The van der Waals surface area contributed by atoms with Crippen molar-refractivity contribution in [2.45, 2.75) is 19.3 Å². The number of piperidine rings is 1. The van der Waals surface area contributed by atoms with Crippen LogP contribution in [0.4, 0.5) is 11.5 Å². The molecule has 2 aromatic rings. The van der Waals surface area contributed by atoms with Gasteiger partial charge in [0.05, 0.1) is 38.4 Å². The zero-order valence-electron chi connectivity index (χ0n) is 14.0. The summed E-state index contributed by atoms with van der Waals surface area (Å²) in [6.07, 6.45) is 3.76. The maximum Gasteiger partial charge on any atom is 0.279 e. The first-order valence-electron chi connectivity index (χ1n) is 8.47. The molecule has 1 aromatic carbocycles. The summed E-state index contributed by atoms with van der Waals surface area (Å²) in [6, 6.07) is 9.96. The molecular weight excluding hydrogens is 288 g/mol. The third kappa shape index (κ3) is 3.86. The van der Waals surface area contributed by atoms with Crippen molar-refractivity contribution >= 4 is 28.3 Å². The van der Waals surface area contributed by atoms with E-state index in [2.05, 4.69) is 10.3 Å². The van der Waals surface area contributed by atoms with Crippen LogP contribution in [0.2, 0.25) is 0 Å². The molecule has 3 N–H and O–H groups in total. The highest BCUT2D eigenvalue weighted by molar-refractivity contribution is 6.01. The third-order valence-corrected chi connectivity index (χ3v) is 4.47. The number of fused-ring (bicyclic) bond motifs is 1. The summed E-state index contributed by atoms with van der Waals surface area (Å²) in [5.41, 5.74) is 1.79. The minimum absolute atomic E-state index is 0.0953. The number of hydrogen-bond donors (Lipinski definition) is 3. The molecular formula is C18H26N4O+2. The van der Waals surface area contributed by atoms with Crippen LogP contribution in [0.25, 0.3) is 10.9 Å². The van der Waals surface area contributed by atoms with E-state index >= 15 is 0 Å². The Labute approximate surface area is 137 Å². The molecule has 0 spiro atoms. The normalized spacial score (nSPS) is 16.0. The molecule has 1 amide bonds. The van der Waals surface area contributed by atoms with Crippen molar-refractivity contribution in [1.82, 2.24) is 4.98 Å². The Hall–Kier alpha value is -1.98. The summed E-state index contributed by atoms with van der Waals surface area (Å²) in [5.74, 6) is 1.03. The van der Waals surface area contributed by atoms with Gasteiger partial charge < -0.3 is 10.2 Å². The van der Waals surface area contributed by atoms with E-state index in [-0.39, 0.29) is 5.91 Å². The van der Waals surface area contributed by atoms with Crippen molar-refractivity contribution in [2.75, 3.05) is 39.0 Å². The first-order chi connectivity index (χ1) is 11.1. The van der Waals surface area contributed by atoms with Crippen molar-refractivity contribution in [3.8, 4) is 0 Å². The Morgan fingerprint density at radius 3 is 2.70 bits per heavy atom. The maximum atomic E-state index is 12.4. The number of benzene rings is 1. The van der Waals surface area contributed by atoms with E-state index in [1.54, 1.807) is 0 Å². The molecule has 0 bridgehead atoms. The van der Waals surface area contributed by atoms with Crippen molar-refractivity contribution in [1.29, 1.82) is 0 Å². The summed E-state index contributed by atoms with van der Waals surface area (Å²) < 4.78 is 0. The number of carbonyl (C=O) groups is 1. The number of nitrogens with zero attached hydrogens (tertiary/aromatic N) is 1. The Bertz CT molecular complexity index is 692. The fourth-order valence-electron chi connectivity index (χ4n) is 3.18. The minimum atomic E-state index is 0.0953. The van der Waals surface area contributed by atoms with Gasteiger partial charge in [-0.05, 0) is 25.3 Å². The highest BCUT2D eigenvalue weighted by Gasteiger charge is 2.19. The summed E-state index contributed by atoms with van der Waals surface area (Å²) >= 11 is 0. The lowest BCUT2D eigenvalue weighted by atomic mass is 10.1. The lowest BCUT2D eigenvalue weighted by Crippen LogP contribution is -3.13. The Balaban J connectivity index is 1.81. The highest BCUT2D eigenvalue weighted by Crippen LogP contribution is 2.23. The first-order valence-corrected chi connectivity index (χ1v) is 8.47. The van der Waals surface area contributed by atoms with Crippen molar-refractivity contribution in [3.63, 3.8) is 0 Å². The predicted octanol–water partition coefficient (Wildman–Crippen LogP) is 0.0181. The number of rotatable bonds is 4. The van der Waals surface area contributed by atoms with Gasteiger partial charge in [0.1, 0.15) is 0 Å². The molecule has 0 aliphatic carbocycles. The van der Waals surface area contributed by atoms with Crippen molar-refractivity contribution < 1.29 is 14.6 Å². The average Bonchev–Trinajstić information content (AvgIpc) is 2.55. The van der Waals surface area contributed by atoms with Crippen LogP contribution in [0.1, 0.15) is 19.3 Å². The Morgan fingerprint density at radius 2 is 1.96 bits per heavy atom. The number of quaternary nitrogens is 2. The predicted molar refractivity (Wildman–Crippen MR) is 92.3 cm³/mol. The van der Waals surface area contributed by atoms with Gasteiger partial charge >= 0.3 is 0 Å². The van der Waals surface area contributed by atoms with Crippen LogP contribution in [0.3, 0.4) is 0 Å². The second-order valence-corrected chi connectivity index (χ2v) is 6.61. The second-order valence-electron chi connectivity index (χ2n) is 6.61. The van der Waals surface area contributed by atoms with Crippen LogP contribution in [0.15, 0.2) is 30.3 Å². The number of aromatic nitrogens is 1. The van der Waals surface area contributed by atoms with Crippen LogP contribution in [-0.4, -0.2) is 44.6 Å². The van der Waals surface area contributed by atoms with Gasteiger partial charge in [-0.1, -0.05) is 18.2 Å². The Kier molecular flexibility index (Phi) is 4.88. The van der Waals surface area contributed by atoms with Crippen LogP contribution in [0, 0.1) is 0 Å².